The number of hydrogen-bond acceptors (Lipinski definition) is 6. The summed E-state index contributed by atoms with van der Waals surface area (Å²) in [4.78, 5) is 28.6. The van der Waals surface area contributed by atoms with Crippen molar-refractivity contribution < 1.29 is 4.52 Å². The molecule has 0 aromatic carbocycles. The van der Waals surface area contributed by atoms with Crippen LogP contribution in [0, 0.1) is 11.3 Å². The topological polar surface area (TPSA) is 107 Å². The van der Waals surface area contributed by atoms with Crippen LogP contribution in [0.2, 0.25) is 0 Å². The molecule has 1 saturated carbocycles. The van der Waals surface area contributed by atoms with Crippen LogP contribution in [0.25, 0.3) is 0 Å². The standard InChI is InChI=1S/C13H13N5O3/c1-2-10-15-11(21-16-10)7-18-12(19)8(5-14)6-17(13(18)20)9-3-4-9/h6,9H,2-4,7H2,1H3. The fourth-order valence-corrected chi connectivity index (χ4v) is 2.08. The minimum Gasteiger partial charge on any atom is -0.337 e. The Hall–Kier alpha value is -2.69. The summed E-state index contributed by atoms with van der Waals surface area (Å²) in [6, 6.07) is 1.90. The molecule has 108 valence electrons. The van der Waals surface area contributed by atoms with Crippen molar-refractivity contribution in [3.05, 3.63) is 44.3 Å². The highest BCUT2D eigenvalue weighted by molar-refractivity contribution is 5.23. The summed E-state index contributed by atoms with van der Waals surface area (Å²) in [5, 5.41) is 12.8. The van der Waals surface area contributed by atoms with Crippen molar-refractivity contribution in [3.63, 3.8) is 0 Å². The zero-order chi connectivity index (χ0) is 15.0. The fraction of sp³-hybridized carbons (Fsp3) is 0.462. The van der Waals surface area contributed by atoms with Crippen molar-refractivity contribution in [1.82, 2.24) is 19.3 Å². The predicted octanol–water partition coefficient (Wildman–Crippen LogP) is 0.210. The molecule has 0 N–H and O–H groups in total. The number of nitriles is 1. The maximum atomic E-state index is 12.3. The Morgan fingerprint density at radius 3 is 2.81 bits per heavy atom. The van der Waals surface area contributed by atoms with Crippen LogP contribution < -0.4 is 11.2 Å². The Balaban J connectivity index is 2.08. The van der Waals surface area contributed by atoms with Crippen molar-refractivity contribution in [1.29, 1.82) is 5.26 Å². The highest BCUT2D eigenvalue weighted by atomic mass is 16.5. The third-order valence-electron chi connectivity index (χ3n) is 3.38. The Morgan fingerprint density at radius 1 is 1.48 bits per heavy atom. The van der Waals surface area contributed by atoms with E-state index in [0.717, 1.165) is 17.4 Å². The molecule has 1 fully saturated rings. The first kappa shape index (κ1) is 13.3. The van der Waals surface area contributed by atoms with Gasteiger partial charge in [-0.15, -0.1) is 0 Å². The molecule has 21 heavy (non-hydrogen) atoms. The number of aryl methyl sites for hydroxylation is 1. The molecule has 0 aliphatic heterocycles. The van der Waals surface area contributed by atoms with Crippen molar-refractivity contribution in [2.75, 3.05) is 0 Å². The highest BCUT2D eigenvalue weighted by Crippen LogP contribution is 2.33. The van der Waals surface area contributed by atoms with E-state index in [4.69, 9.17) is 9.78 Å². The molecule has 1 aliphatic rings. The summed E-state index contributed by atoms with van der Waals surface area (Å²) in [7, 11) is 0. The fourth-order valence-electron chi connectivity index (χ4n) is 2.08. The first-order valence-corrected chi connectivity index (χ1v) is 6.71. The molecule has 3 rings (SSSR count). The van der Waals surface area contributed by atoms with Crippen LogP contribution in [0.15, 0.2) is 20.3 Å². The van der Waals surface area contributed by atoms with Crippen LogP contribution in [0.5, 0.6) is 0 Å². The second kappa shape index (κ2) is 5.01. The van der Waals surface area contributed by atoms with E-state index < -0.39 is 11.2 Å². The Kier molecular flexibility index (Phi) is 3.17. The van der Waals surface area contributed by atoms with Crippen LogP contribution in [0.1, 0.15) is 43.1 Å². The minimum atomic E-state index is -0.629. The van der Waals surface area contributed by atoms with Gasteiger partial charge >= 0.3 is 5.69 Å². The monoisotopic (exact) mass is 287 g/mol. The summed E-state index contributed by atoms with van der Waals surface area (Å²) >= 11 is 0. The second-order valence-corrected chi connectivity index (χ2v) is 4.92. The Bertz CT molecular complexity index is 835. The van der Waals surface area contributed by atoms with E-state index in [-0.39, 0.29) is 24.0 Å². The first-order valence-electron chi connectivity index (χ1n) is 6.71. The van der Waals surface area contributed by atoms with Gasteiger partial charge in [0.1, 0.15) is 18.2 Å². The molecule has 2 aromatic heterocycles. The quantitative estimate of drug-likeness (QED) is 0.795. The normalized spacial score (nSPS) is 14.1. The molecule has 0 amide bonds. The smallest absolute Gasteiger partial charge is 0.331 e. The third kappa shape index (κ3) is 2.38. The molecule has 0 unspecified atom stereocenters. The lowest BCUT2D eigenvalue weighted by Crippen LogP contribution is -2.41. The molecular formula is C13H13N5O3. The lowest BCUT2D eigenvalue weighted by atomic mass is 10.3. The first-order chi connectivity index (χ1) is 10.1. The SMILES string of the molecule is CCc1noc(Cn2c(=O)c(C#N)cn(C3CC3)c2=O)n1. The van der Waals surface area contributed by atoms with Crippen molar-refractivity contribution in [2.24, 2.45) is 0 Å². The van der Waals surface area contributed by atoms with Gasteiger partial charge in [0.05, 0.1) is 0 Å². The van der Waals surface area contributed by atoms with Crippen LogP contribution in [-0.2, 0) is 13.0 Å². The second-order valence-electron chi connectivity index (χ2n) is 4.92. The average molecular weight is 287 g/mol. The summed E-state index contributed by atoms with van der Waals surface area (Å²) in [5.74, 6) is 0.695. The van der Waals surface area contributed by atoms with E-state index >= 15 is 0 Å². The minimum absolute atomic E-state index is 0.0586. The van der Waals surface area contributed by atoms with Gasteiger partial charge in [0.2, 0.25) is 5.89 Å². The Labute approximate surface area is 119 Å². The molecule has 0 radical (unpaired) electrons. The number of rotatable bonds is 4. The summed E-state index contributed by atoms with van der Waals surface area (Å²) in [6.45, 7) is 1.75. The Morgan fingerprint density at radius 2 is 2.24 bits per heavy atom. The molecule has 2 aromatic rings. The van der Waals surface area contributed by atoms with Gasteiger partial charge in [-0.05, 0) is 12.8 Å². The van der Waals surface area contributed by atoms with E-state index in [1.54, 1.807) is 0 Å². The highest BCUT2D eigenvalue weighted by Gasteiger charge is 2.27. The van der Waals surface area contributed by atoms with Crippen LogP contribution >= 0.6 is 0 Å². The van der Waals surface area contributed by atoms with E-state index in [0.29, 0.717) is 12.2 Å². The largest absolute Gasteiger partial charge is 0.337 e. The van der Waals surface area contributed by atoms with Crippen LogP contribution in [0.3, 0.4) is 0 Å². The average Bonchev–Trinajstić information content (AvgIpc) is 3.22. The molecule has 2 heterocycles. The van der Waals surface area contributed by atoms with Gasteiger partial charge in [0, 0.05) is 18.7 Å². The molecule has 0 saturated heterocycles. The van der Waals surface area contributed by atoms with Gasteiger partial charge in [0.25, 0.3) is 5.56 Å². The molecular weight excluding hydrogens is 274 g/mol. The van der Waals surface area contributed by atoms with E-state index in [9.17, 15) is 9.59 Å². The number of nitrogens with zero attached hydrogens (tertiary/aromatic N) is 5. The molecule has 1 aliphatic carbocycles. The number of hydrogen-bond donors (Lipinski definition) is 0. The van der Waals surface area contributed by atoms with Crippen LogP contribution in [-0.4, -0.2) is 19.3 Å². The lowest BCUT2D eigenvalue weighted by molar-refractivity contribution is 0.361. The van der Waals surface area contributed by atoms with Gasteiger partial charge in [0.15, 0.2) is 5.82 Å². The van der Waals surface area contributed by atoms with Gasteiger partial charge in [-0.1, -0.05) is 12.1 Å². The van der Waals surface area contributed by atoms with Gasteiger partial charge in [-0.3, -0.25) is 9.36 Å². The van der Waals surface area contributed by atoms with Crippen molar-refractivity contribution >= 4 is 0 Å². The molecule has 0 spiro atoms. The van der Waals surface area contributed by atoms with E-state index in [1.807, 2.05) is 13.0 Å². The number of aromatic nitrogens is 4. The van der Waals surface area contributed by atoms with E-state index in [1.165, 1.54) is 10.8 Å². The van der Waals surface area contributed by atoms with Crippen LogP contribution in [0.4, 0.5) is 0 Å². The maximum absolute atomic E-state index is 12.3. The summed E-state index contributed by atoms with van der Waals surface area (Å²) in [6.07, 6.45) is 3.69. The summed E-state index contributed by atoms with van der Waals surface area (Å²) in [5.41, 5.74) is -1.13. The molecule has 8 heteroatoms. The van der Waals surface area contributed by atoms with Gasteiger partial charge in [-0.25, -0.2) is 9.36 Å². The third-order valence-corrected chi connectivity index (χ3v) is 3.38. The van der Waals surface area contributed by atoms with Crippen molar-refractivity contribution in [3.8, 4) is 6.07 Å². The molecule has 0 atom stereocenters. The zero-order valence-electron chi connectivity index (χ0n) is 11.4. The summed E-state index contributed by atoms with van der Waals surface area (Å²) < 4.78 is 7.42. The zero-order valence-corrected chi connectivity index (χ0v) is 11.4. The molecule has 0 bridgehead atoms. The van der Waals surface area contributed by atoms with Gasteiger partial charge in [-0.2, -0.15) is 10.2 Å². The molecule has 8 nitrogen and oxygen atoms in total. The lowest BCUT2D eigenvalue weighted by Gasteiger charge is -2.08. The van der Waals surface area contributed by atoms with Gasteiger partial charge < -0.3 is 4.52 Å². The predicted molar refractivity (Wildman–Crippen MR) is 70.7 cm³/mol. The maximum Gasteiger partial charge on any atom is 0.331 e. The van der Waals surface area contributed by atoms with Crippen molar-refractivity contribution in [2.45, 2.75) is 38.8 Å². The van der Waals surface area contributed by atoms with E-state index in [2.05, 4.69) is 10.1 Å².